The highest BCUT2D eigenvalue weighted by atomic mass is 16.5. The number of carbonyl (C=O) groups is 1. The summed E-state index contributed by atoms with van der Waals surface area (Å²) in [5.41, 5.74) is 1.54. The second-order valence-corrected chi connectivity index (χ2v) is 5.95. The van der Waals surface area contributed by atoms with Crippen molar-refractivity contribution < 1.29 is 14.6 Å². The van der Waals surface area contributed by atoms with Gasteiger partial charge in [-0.3, -0.25) is 9.80 Å². The molecule has 1 N–H and O–H groups in total. The van der Waals surface area contributed by atoms with Gasteiger partial charge in [0.15, 0.2) is 0 Å². The molecule has 0 radical (unpaired) electrons. The van der Waals surface area contributed by atoms with Crippen LogP contribution in [0.25, 0.3) is 0 Å². The number of carboxylic acids is 1. The summed E-state index contributed by atoms with van der Waals surface area (Å²) in [7, 11) is 0. The monoisotopic (exact) mass is 326 g/mol. The highest BCUT2D eigenvalue weighted by molar-refractivity contribution is 5.90. The molecule has 1 heterocycles. The Hall–Kier alpha value is -2.37. The van der Waals surface area contributed by atoms with Gasteiger partial charge in [0.2, 0.25) is 0 Å². The zero-order chi connectivity index (χ0) is 16.8. The van der Waals surface area contributed by atoms with Crippen molar-refractivity contribution in [2.75, 3.05) is 32.9 Å². The molecule has 0 aromatic heterocycles. The average Bonchev–Trinajstić information content (AvgIpc) is 2.62. The van der Waals surface area contributed by atoms with Crippen LogP contribution in [0, 0.1) is 0 Å². The third-order valence-corrected chi connectivity index (χ3v) is 4.23. The number of para-hydroxylation sites is 1. The number of rotatable bonds is 6. The molecule has 1 aliphatic rings. The van der Waals surface area contributed by atoms with Crippen LogP contribution in [0.3, 0.4) is 0 Å². The Kier molecular flexibility index (Phi) is 5.46. The third kappa shape index (κ3) is 4.34. The van der Waals surface area contributed by atoms with Crippen LogP contribution in [0.5, 0.6) is 5.75 Å². The van der Waals surface area contributed by atoms with E-state index in [1.54, 1.807) is 24.3 Å². The molecule has 2 aromatic rings. The fourth-order valence-corrected chi connectivity index (χ4v) is 2.85. The number of hydrogen-bond donors (Lipinski definition) is 1. The van der Waals surface area contributed by atoms with Gasteiger partial charge >= 0.3 is 5.97 Å². The summed E-state index contributed by atoms with van der Waals surface area (Å²) < 4.78 is 5.72. The van der Waals surface area contributed by atoms with E-state index in [9.17, 15) is 9.90 Å². The van der Waals surface area contributed by atoms with Crippen LogP contribution in [0.15, 0.2) is 54.6 Å². The maximum atomic E-state index is 11.2. The molecule has 0 spiro atoms. The number of ether oxygens (including phenoxy) is 1. The second kappa shape index (κ2) is 7.95. The summed E-state index contributed by atoms with van der Waals surface area (Å²) in [6.07, 6.45) is 0. The van der Waals surface area contributed by atoms with Crippen LogP contribution >= 0.6 is 0 Å². The summed E-state index contributed by atoms with van der Waals surface area (Å²) >= 11 is 0. The van der Waals surface area contributed by atoms with E-state index in [-0.39, 0.29) is 5.56 Å². The number of piperazine rings is 1. The first-order valence-electron chi connectivity index (χ1n) is 8.16. The van der Waals surface area contributed by atoms with Crippen LogP contribution < -0.4 is 4.74 Å². The van der Waals surface area contributed by atoms with Gasteiger partial charge in [-0.15, -0.1) is 0 Å². The molecule has 0 aliphatic carbocycles. The van der Waals surface area contributed by atoms with Crippen molar-refractivity contribution in [3.63, 3.8) is 0 Å². The Labute approximate surface area is 142 Å². The van der Waals surface area contributed by atoms with Gasteiger partial charge < -0.3 is 9.84 Å². The molecule has 0 amide bonds. The van der Waals surface area contributed by atoms with Gasteiger partial charge in [-0.1, -0.05) is 42.5 Å². The van der Waals surface area contributed by atoms with E-state index >= 15 is 0 Å². The zero-order valence-electron chi connectivity index (χ0n) is 13.6. The van der Waals surface area contributed by atoms with E-state index in [0.717, 1.165) is 32.7 Å². The average molecular weight is 326 g/mol. The largest absolute Gasteiger partial charge is 0.478 e. The van der Waals surface area contributed by atoms with Gasteiger partial charge in [-0.25, -0.2) is 4.79 Å². The third-order valence-electron chi connectivity index (χ3n) is 4.23. The molecule has 0 bridgehead atoms. The summed E-state index contributed by atoms with van der Waals surface area (Å²) in [4.78, 5) is 15.8. The van der Waals surface area contributed by atoms with Crippen molar-refractivity contribution in [1.29, 1.82) is 0 Å². The molecule has 0 atom stereocenters. The molecule has 1 saturated heterocycles. The maximum absolute atomic E-state index is 11.2. The molecule has 24 heavy (non-hydrogen) atoms. The minimum absolute atomic E-state index is 0.209. The molecule has 0 unspecified atom stereocenters. The first-order valence-corrected chi connectivity index (χ1v) is 8.16. The van der Waals surface area contributed by atoms with Crippen LogP contribution in [-0.2, 0) is 6.54 Å². The zero-order valence-corrected chi connectivity index (χ0v) is 13.6. The highest BCUT2D eigenvalue weighted by Crippen LogP contribution is 2.18. The molecule has 2 aromatic carbocycles. The van der Waals surface area contributed by atoms with Crippen LogP contribution in [-0.4, -0.2) is 53.8 Å². The second-order valence-electron chi connectivity index (χ2n) is 5.95. The number of nitrogens with zero attached hydrogens (tertiary/aromatic N) is 2. The van der Waals surface area contributed by atoms with Crippen LogP contribution in [0.2, 0.25) is 0 Å². The van der Waals surface area contributed by atoms with Crippen molar-refractivity contribution in [1.82, 2.24) is 9.80 Å². The van der Waals surface area contributed by atoms with Crippen molar-refractivity contribution in [2.24, 2.45) is 0 Å². The van der Waals surface area contributed by atoms with E-state index in [4.69, 9.17) is 4.74 Å². The molecule has 1 aliphatic heterocycles. The predicted molar refractivity (Wildman–Crippen MR) is 92.2 cm³/mol. The van der Waals surface area contributed by atoms with Gasteiger partial charge in [0.1, 0.15) is 18.0 Å². The quantitative estimate of drug-likeness (QED) is 0.884. The van der Waals surface area contributed by atoms with Gasteiger partial charge in [0.25, 0.3) is 0 Å². The molecule has 5 heteroatoms. The van der Waals surface area contributed by atoms with Crippen molar-refractivity contribution in [3.05, 3.63) is 65.7 Å². The summed E-state index contributed by atoms with van der Waals surface area (Å²) in [6, 6.07) is 17.2. The van der Waals surface area contributed by atoms with Crippen molar-refractivity contribution in [2.45, 2.75) is 6.54 Å². The Bertz CT molecular complexity index is 667. The van der Waals surface area contributed by atoms with E-state index < -0.39 is 5.97 Å². The Morgan fingerprint density at radius 2 is 1.54 bits per heavy atom. The van der Waals surface area contributed by atoms with Crippen LogP contribution in [0.4, 0.5) is 0 Å². The molecular weight excluding hydrogens is 304 g/mol. The van der Waals surface area contributed by atoms with Gasteiger partial charge in [-0.2, -0.15) is 0 Å². The summed E-state index contributed by atoms with van der Waals surface area (Å²) in [6.45, 7) is 5.20. The fourth-order valence-electron chi connectivity index (χ4n) is 2.85. The molecule has 1 fully saturated rings. The molecule has 3 rings (SSSR count). The first kappa shape index (κ1) is 16.5. The Morgan fingerprint density at radius 3 is 2.25 bits per heavy atom. The topological polar surface area (TPSA) is 53.0 Å². The van der Waals surface area contributed by atoms with Crippen molar-refractivity contribution in [3.8, 4) is 5.75 Å². The van der Waals surface area contributed by atoms with Crippen LogP contribution in [0.1, 0.15) is 15.9 Å². The van der Waals surface area contributed by atoms with E-state index in [2.05, 4.69) is 34.1 Å². The smallest absolute Gasteiger partial charge is 0.339 e. The molecular formula is C19H22N2O3. The fraction of sp³-hybridized carbons (Fsp3) is 0.316. The Morgan fingerprint density at radius 1 is 0.917 bits per heavy atom. The Balaban J connectivity index is 1.47. The number of benzene rings is 2. The first-order chi connectivity index (χ1) is 11.7. The maximum Gasteiger partial charge on any atom is 0.339 e. The number of carboxylic acid groups (broad SMARTS) is 1. The summed E-state index contributed by atoms with van der Waals surface area (Å²) in [5.74, 6) is -0.532. The van der Waals surface area contributed by atoms with E-state index in [0.29, 0.717) is 12.5 Å². The molecule has 126 valence electrons. The lowest BCUT2D eigenvalue weighted by atomic mass is 10.2. The predicted octanol–water partition coefficient (Wildman–Crippen LogP) is 2.54. The normalized spacial score (nSPS) is 16.0. The molecule has 0 saturated carbocycles. The van der Waals surface area contributed by atoms with Gasteiger partial charge in [-0.05, 0) is 17.7 Å². The van der Waals surface area contributed by atoms with E-state index in [1.807, 2.05) is 6.07 Å². The lowest BCUT2D eigenvalue weighted by Crippen LogP contribution is -2.47. The molecule has 5 nitrogen and oxygen atoms in total. The minimum Gasteiger partial charge on any atom is -0.478 e. The minimum atomic E-state index is -0.960. The van der Waals surface area contributed by atoms with Gasteiger partial charge in [0.05, 0.1) is 0 Å². The van der Waals surface area contributed by atoms with Gasteiger partial charge in [0, 0.05) is 32.7 Å². The number of aromatic carboxylic acids is 1. The SMILES string of the molecule is O=C(O)c1ccccc1OCN1CCN(Cc2ccccc2)CC1. The highest BCUT2D eigenvalue weighted by Gasteiger charge is 2.18. The standard InChI is InChI=1S/C19H22N2O3/c22-19(23)17-8-4-5-9-18(17)24-15-21-12-10-20(11-13-21)14-16-6-2-1-3-7-16/h1-9H,10-15H2,(H,22,23). The summed E-state index contributed by atoms with van der Waals surface area (Å²) in [5, 5.41) is 9.18. The number of hydrogen-bond acceptors (Lipinski definition) is 4. The lowest BCUT2D eigenvalue weighted by Gasteiger charge is -2.34. The van der Waals surface area contributed by atoms with E-state index in [1.165, 1.54) is 5.56 Å². The van der Waals surface area contributed by atoms with Crippen molar-refractivity contribution >= 4 is 5.97 Å². The lowest BCUT2D eigenvalue weighted by molar-refractivity contribution is 0.0596.